The Morgan fingerprint density at radius 1 is 1.06 bits per heavy atom. The van der Waals surface area contributed by atoms with E-state index in [1.807, 2.05) is 18.9 Å². The Bertz CT molecular complexity index is 1680. The smallest absolute Gasteiger partial charge is 0.243 e. The lowest BCUT2D eigenvalue weighted by molar-refractivity contribution is -0.124. The van der Waals surface area contributed by atoms with E-state index < -0.39 is 16.1 Å². The number of hydrogen-bond donors (Lipinski definition) is 0. The van der Waals surface area contributed by atoms with Crippen molar-refractivity contribution in [3.8, 4) is 11.5 Å². The molecule has 0 radical (unpaired) electrons. The Kier molecular flexibility index (Phi) is 10.9. The largest absolute Gasteiger partial charge is 0.379 e. The van der Waals surface area contributed by atoms with E-state index in [1.54, 1.807) is 0 Å². The number of likely N-dealkylation sites (N-methyl/N-ethyl adjacent to an activating group) is 1. The number of imidazole rings is 1. The van der Waals surface area contributed by atoms with E-state index in [0.29, 0.717) is 38.0 Å². The summed E-state index contributed by atoms with van der Waals surface area (Å²) in [5.74, 6) is 1.63. The number of hydrogen-bond acceptors (Lipinski definition) is 7. The minimum Gasteiger partial charge on any atom is -0.379 e. The van der Waals surface area contributed by atoms with Gasteiger partial charge in [-0.2, -0.15) is 5.10 Å². The number of aryl methyl sites for hydroxylation is 1. The van der Waals surface area contributed by atoms with Crippen LogP contribution in [0.5, 0.6) is 0 Å². The molecule has 1 saturated heterocycles. The molecule has 3 aromatic rings. The van der Waals surface area contributed by atoms with Crippen LogP contribution in [0.25, 0.3) is 22.6 Å². The van der Waals surface area contributed by atoms with Crippen LogP contribution in [0.4, 0.5) is 5.69 Å². The molecule has 2 aliphatic carbocycles. The molecule has 1 amide bonds. The van der Waals surface area contributed by atoms with E-state index in [9.17, 15) is 4.79 Å². The SMILES string of the molecule is CCc1cc(N(C)C(=O)C(C)N2CCOCC2)cc2nc(-c3nn(COCC[Si](C)(C)C)c4c3C[C@@H]3C[C@]3(C)C4)n(COCC[Si](C)(C)C)c12. The summed E-state index contributed by atoms with van der Waals surface area (Å²) >= 11 is 0. The topological polar surface area (TPSA) is 86.9 Å². The second-order valence-corrected chi connectivity index (χ2v) is 29.1. The first-order valence-electron chi connectivity index (χ1n) is 19.0. The fourth-order valence-corrected chi connectivity index (χ4v) is 9.11. The summed E-state index contributed by atoms with van der Waals surface area (Å²) in [6, 6.07) is 6.27. The van der Waals surface area contributed by atoms with Crippen molar-refractivity contribution in [3.63, 3.8) is 0 Å². The molecular formula is C38H62N6O4Si2. The second kappa shape index (κ2) is 14.6. The number of carbonyl (C=O) groups excluding carboxylic acids is 1. The van der Waals surface area contributed by atoms with Gasteiger partial charge in [-0.05, 0) is 73.7 Å². The molecule has 3 atom stereocenters. The molecule has 0 spiro atoms. The van der Waals surface area contributed by atoms with Crippen LogP contribution in [0.3, 0.4) is 0 Å². The summed E-state index contributed by atoms with van der Waals surface area (Å²) in [6.07, 6.45) is 4.13. The van der Waals surface area contributed by atoms with E-state index in [-0.39, 0.29) is 11.9 Å². The second-order valence-electron chi connectivity index (χ2n) is 17.8. The Morgan fingerprint density at radius 3 is 2.36 bits per heavy atom. The van der Waals surface area contributed by atoms with E-state index in [0.717, 1.165) is 91.5 Å². The van der Waals surface area contributed by atoms with Crippen LogP contribution in [-0.4, -0.2) is 98.9 Å². The lowest BCUT2D eigenvalue weighted by atomic mass is 9.87. The number of carbonyl (C=O) groups is 1. The first-order valence-corrected chi connectivity index (χ1v) is 26.4. The van der Waals surface area contributed by atoms with Crippen LogP contribution in [-0.2, 0) is 51.7 Å². The zero-order chi connectivity index (χ0) is 36.0. The van der Waals surface area contributed by atoms with Gasteiger partial charge in [0.2, 0.25) is 5.91 Å². The Balaban J connectivity index is 1.39. The van der Waals surface area contributed by atoms with E-state index in [4.69, 9.17) is 24.3 Å². The maximum absolute atomic E-state index is 13.8. The first kappa shape index (κ1) is 37.4. The molecule has 1 aliphatic heterocycles. The van der Waals surface area contributed by atoms with E-state index in [1.165, 1.54) is 17.7 Å². The van der Waals surface area contributed by atoms with Crippen LogP contribution in [0, 0.1) is 11.3 Å². The minimum absolute atomic E-state index is 0.0806. The fraction of sp³-hybridized carbons (Fsp3) is 0.711. The number of benzene rings is 1. The summed E-state index contributed by atoms with van der Waals surface area (Å²) in [7, 11) is -0.566. The van der Waals surface area contributed by atoms with Gasteiger partial charge in [-0.15, -0.1) is 0 Å². The van der Waals surface area contributed by atoms with Gasteiger partial charge in [-0.3, -0.25) is 14.3 Å². The summed E-state index contributed by atoms with van der Waals surface area (Å²) < 4.78 is 22.7. The van der Waals surface area contributed by atoms with Crippen LogP contribution in [0.2, 0.25) is 51.4 Å². The molecule has 12 heteroatoms. The van der Waals surface area contributed by atoms with E-state index in [2.05, 4.69) is 79.4 Å². The molecule has 2 fully saturated rings. The molecule has 0 N–H and O–H groups in total. The van der Waals surface area contributed by atoms with Crippen LogP contribution in [0.15, 0.2) is 12.1 Å². The number of aromatic nitrogens is 4. The number of fused-ring (bicyclic) bond motifs is 3. The highest BCUT2D eigenvalue weighted by Gasteiger charge is 2.54. The van der Waals surface area contributed by atoms with Crippen molar-refractivity contribution >= 4 is 38.8 Å². The van der Waals surface area contributed by atoms with Crippen molar-refractivity contribution < 1.29 is 19.0 Å². The van der Waals surface area contributed by atoms with Crippen molar-refractivity contribution in [2.24, 2.45) is 11.3 Å². The van der Waals surface area contributed by atoms with Gasteiger partial charge in [0.1, 0.15) is 19.2 Å². The van der Waals surface area contributed by atoms with Gasteiger partial charge in [0, 0.05) is 66.4 Å². The molecule has 276 valence electrons. The number of nitrogens with zero attached hydrogens (tertiary/aromatic N) is 6. The first-order chi connectivity index (χ1) is 23.6. The van der Waals surface area contributed by atoms with Crippen molar-refractivity contribution in [2.45, 2.75) is 117 Å². The average Bonchev–Trinajstić information content (AvgIpc) is 3.42. The van der Waals surface area contributed by atoms with Crippen molar-refractivity contribution in [3.05, 3.63) is 29.0 Å². The molecular weight excluding hydrogens is 661 g/mol. The van der Waals surface area contributed by atoms with Crippen molar-refractivity contribution in [1.29, 1.82) is 0 Å². The zero-order valence-corrected chi connectivity index (χ0v) is 34.5. The minimum atomic E-state index is -1.26. The molecule has 3 heterocycles. The Labute approximate surface area is 301 Å². The number of morpholine rings is 1. The van der Waals surface area contributed by atoms with E-state index >= 15 is 0 Å². The predicted octanol–water partition coefficient (Wildman–Crippen LogP) is 6.90. The summed E-state index contributed by atoms with van der Waals surface area (Å²) in [6.45, 7) is 26.2. The quantitative estimate of drug-likeness (QED) is 0.125. The monoisotopic (exact) mass is 722 g/mol. The lowest BCUT2D eigenvalue weighted by Gasteiger charge is -2.33. The van der Waals surface area contributed by atoms with Gasteiger partial charge in [-0.25, -0.2) is 9.67 Å². The van der Waals surface area contributed by atoms with Gasteiger partial charge >= 0.3 is 0 Å². The molecule has 1 aromatic carbocycles. The zero-order valence-electron chi connectivity index (χ0n) is 32.5. The molecule has 10 nitrogen and oxygen atoms in total. The third kappa shape index (κ3) is 8.15. The molecule has 1 saturated carbocycles. The Hall–Kier alpha value is -2.36. The van der Waals surface area contributed by atoms with Crippen LogP contribution < -0.4 is 4.90 Å². The molecule has 3 aliphatic rings. The maximum atomic E-state index is 13.8. The van der Waals surface area contributed by atoms with Gasteiger partial charge in [0.05, 0.1) is 30.3 Å². The summed E-state index contributed by atoms with van der Waals surface area (Å²) in [5, 5.41) is 5.31. The van der Waals surface area contributed by atoms with Crippen LogP contribution in [0.1, 0.15) is 44.0 Å². The molecule has 1 unspecified atom stereocenters. The standard InChI is InChI=1S/C38H62N6O4Si2/c1-11-28-20-30(41(4)37(45)27(2)42-12-14-46-15-13-42)22-32-35(28)43(25-47-16-18-49(5,6)7)36(39-32)34-31-21-29-23-38(29,3)24-33(31)44(40-34)26-48-17-19-50(8,9)10/h20,22,27,29H,11-19,21,23-26H2,1-10H3/t27?,29-,38-/m1/s1. The molecule has 0 bridgehead atoms. The highest BCUT2D eigenvalue weighted by molar-refractivity contribution is 6.76. The normalized spacial score (nSPS) is 21.7. The number of ether oxygens (including phenoxy) is 3. The summed E-state index contributed by atoms with van der Waals surface area (Å²) in [4.78, 5) is 23.2. The number of anilines is 1. The third-order valence-corrected chi connectivity index (χ3v) is 14.7. The van der Waals surface area contributed by atoms with Gasteiger partial charge < -0.3 is 19.1 Å². The van der Waals surface area contributed by atoms with Crippen molar-refractivity contribution in [2.75, 3.05) is 51.5 Å². The highest BCUT2D eigenvalue weighted by Crippen LogP contribution is 2.60. The van der Waals surface area contributed by atoms with Crippen molar-refractivity contribution in [1.82, 2.24) is 24.2 Å². The predicted molar refractivity (Wildman–Crippen MR) is 207 cm³/mol. The third-order valence-electron chi connectivity index (χ3n) is 11.3. The maximum Gasteiger partial charge on any atom is 0.243 e. The highest BCUT2D eigenvalue weighted by atomic mass is 28.3. The molecule has 2 aromatic heterocycles. The lowest BCUT2D eigenvalue weighted by Crippen LogP contribution is -2.50. The average molecular weight is 723 g/mol. The number of rotatable bonds is 15. The fourth-order valence-electron chi connectivity index (χ4n) is 7.60. The Morgan fingerprint density at radius 2 is 1.72 bits per heavy atom. The molecule has 6 rings (SSSR count). The van der Waals surface area contributed by atoms with Crippen LogP contribution >= 0.6 is 0 Å². The van der Waals surface area contributed by atoms with Gasteiger partial charge in [0.25, 0.3) is 0 Å². The van der Waals surface area contributed by atoms with Gasteiger partial charge in [0.15, 0.2) is 5.82 Å². The summed E-state index contributed by atoms with van der Waals surface area (Å²) in [5.41, 5.74) is 7.92. The number of amides is 1. The van der Waals surface area contributed by atoms with Gasteiger partial charge in [-0.1, -0.05) is 53.1 Å². The molecule has 50 heavy (non-hydrogen) atoms.